The highest BCUT2D eigenvalue weighted by atomic mass is 19.4. The molecule has 2 heterocycles. The average molecular weight is 245 g/mol. The third kappa shape index (κ3) is 3.33. The van der Waals surface area contributed by atoms with Crippen molar-refractivity contribution in [1.82, 2.24) is 10.3 Å². The number of alkyl halides is 3. The van der Waals surface area contributed by atoms with Gasteiger partial charge in [-0.3, -0.25) is 4.98 Å². The van der Waals surface area contributed by atoms with Crippen molar-refractivity contribution in [2.24, 2.45) is 0 Å². The van der Waals surface area contributed by atoms with Crippen LogP contribution in [-0.4, -0.2) is 24.1 Å². The van der Waals surface area contributed by atoms with Crippen LogP contribution in [0.1, 0.15) is 18.5 Å². The lowest BCUT2D eigenvalue weighted by molar-refractivity contribution is -0.141. The van der Waals surface area contributed by atoms with Crippen LogP contribution in [0.4, 0.5) is 18.9 Å². The summed E-state index contributed by atoms with van der Waals surface area (Å²) in [6, 6.07) is 2.93. The third-order valence-corrected chi connectivity index (χ3v) is 2.77. The minimum absolute atomic E-state index is 0.345. The number of aromatic nitrogens is 1. The Morgan fingerprint density at radius 1 is 1.47 bits per heavy atom. The Balaban J connectivity index is 1.96. The van der Waals surface area contributed by atoms with Gasteiger partial charge in [0.1, 0.15) is 5.69 Å². The van der Waals surface area contributed by atoms with Crippen LogP contribution in [-0.2, 0) is 6.18 Å². The van der Waals surface area contributed by atoms with Crippen LogP contribution < -0.4 is 10.6 Å². The molecule has 1 fully saturated rings. The second kappa shape index (κ2) is 4.91. The fourth-order valence-corrected chi connectivity index (χ4v) is 1.87. The number of anilines is 1. The smallest absolute Gasteiger partial charge is 0.383 e. The normalized spacial score (nSPS) is 20.5. The minimum atomic E-state index is -4.39. The predicted molar refractivity (Wildman–Crippen MR) is 58.8 cm³/mol. The van der Waals surface area contributed by atoms with Crippen molar-refractivity contribution in [2.45, 2.75) is 25.1 Å². The van der Waals surface area contributed by atoms with Crippen LogP contribution in [0.5, 0.6) is 0 Å². The predicted octanol–water partition coefficient (Wildman–Crippen LogP) is 2.26. The third-order valence-electron chi connectivity index (χ3n) is 2.77. The van der Waals surface area contributed by atoms with Gasteiger partial charge in [-0.15, -0.1) is 0 Å². The molecule has 0 amide bonds. The zero-order valence-corrected chi connectivity index (χ0v) is 9.22. The lowest BCUT2D eigenvalue weighted by atomic mass is 10.2. The molecule has 0 spiro atoms. The summed E-state index contributed by atoms with van der Waals surface area (Å²) in [7, 11) is 0. The summed E-state index contributed by atoms with van der Waals surface area (Å²) in [5.74, 6) is 0. The Morgan fingerprint density at radius 3 is 2.94 bits per heavy atom. The Labute approximate surface area is 97.4 Å². The number of hydrogen-bond donors (Lipinski definition) is 2. The van der Waals surface area contributed by atoms with E-state index in [4.69, 9.17) is 0 Å². The molecule has 2 rings (SSSR count). The van der Waals surface area contributed by atoms with E-state index in [2.05, 4.69) is 15.6 Å². The van der Waals surface area contributed by atoms with Crippen LogP contribution in [0.15, 0.2) is 18.3 Å². The molecule has 17 heavy (non-hydrogen) atoms. The second-order valence-electron chi connectivity index (χ2n) is 4.10. The fourth-order valence-electron chi connectivity index (χ4n) is 1.87. The van der Waals surface area contributed by atoms with E-state index in [9.17, 15) is 13.2 Å². The molecular formula is C11H14F3N3. The molecule has 1 aliphatic heterocycles. The van der Waals surface area contributed by atoms with Crippen LogP contribution in [0.3, 0.4) is 0 Å². The lowest BCUT2D eigenvalue weighted by Crippen LogP contribution is -2.29. The molecule has 0 aromatic carbocycles. The van der Waals surface area contributed by atoms with Gasteiger partial charge in [-0.25, -0.2) is 0 Å². The Hall–Kier alpha value is -1.30. The molecule has 94 valence electrons. The highest BCUT2D eigenvalue weighted by molar-refractivity contribution is 5.43. The highest BCUT2D eigenvalue weighted by Gasteiger charge is 2.32. The fraction of sp³-hybridized carbons (Fsp3) is 0.545. The SMILES string of the molecule is FC(F)(F)c1cc(NCC2CCCN2)ccn1. The summed E-state index contributed by atoms with van der Waals surface area (Å²) in [5.41, 5.74) is -0.400. The molecule has 1 saturated heterocycles. The first-order chi connectivity index (χ1) is 8.05. The van der Waals surface area contributed by atoms with E-state index >= 15 is 0 Å². The van der Waals surface area contributed by atoms with E-state index in [0.717, 1.165) is 25.5 Å². The van der Waals surface area contributed by atoms with E-state index in [0.29, 0.717) is 18.3 Å². The standard InChI is InChI=1S/C11H14F3N3/c12-11(13,14)10-6-8(3-5-16-10)17-7-9-2-1-4-15-9/h3,5-6,9,15H,1-2,4,7H2,(H,16,17). The number of nitrogens with one attached hydrogen (secondary N) is 2. The van der Waals surface area contributed by atoms with Crippen LogP contribution in [0.2, 0.25) is 0 Å². The number of halogens is 3. The molecule has 1 unspecified atom stereocenters. The van der Waals surface area contributed by atoms with Gasteiger partial charge >= 0.3 is 6.18 Å². The lowest BCUT2D eigenvalue weighted by Gasteiger charge is -2.13. The van der Waals surface area contributed by atoms with Crippen molar-refractivity contribution in [3.63, 3.8) is 0 Å². The molecule has 0 bridgehead atoms. The summed E-state index contributed by atoms with van der Waals surface area (Å²) >= 11 is 0. The Morgan fingerprint density at radius 2 is 2.29 bits per heavy atom. The van der Waals surface area contributed by atoms with Gasteiger partial charge in [-0.2, -0.15) is 13.2 Å². The van der Waals surface area contributed by atoms with E-state index in [-0.39, 0.29) is 0 Å². The van der Waals surface area contributed by atoms with Crippen molar-refractivity contribution in [3.05, 3.63) is 24.0 Å². The van der Waals surface area contributed by atoms with E-state index in [1.165, 1.54) is 6.20 Å². The molecule has 2 N–H and O–H groups in total. The molecule has 0 radical (unpaired) electrons. The Bertz CT molecular complexity index is 372. The molecule has 6 heteroatoms. The van der Waals surface area contributed by atoms with E-state index in [1.54, 1.807) is 6.07 Å². The van der Waals surface area contributed by atoms with Gasteiger partial charge in [0.15, 0.2) is 0 Å². The van der Waals surface area contributed by atoms with Gasteiger partial charge < -0.3 is 10.6 Å². The van der Waals surface area contributed by atoms with Crippen molar-refractivity contribution >= 4 is 5.69 Å². The first kappa shape index (κ1) is 12.2. The van der Waals surface area contributed by atoms with Gasteiger partial charge in [0.25, 0.3) is 0 Å². The molecule has 0 aliphatic carbocycles. The zero-order valence-electron chi connectivity index (χ0n) is 9.22. The highest BCUT2D eigenvalue weighted by Crippen LogP contribution is 2.28. The summed E-state index contributed by atoms with van der Waals surface area (Å²) in [6.45, 7) is 1.62. The zero-order chi connectivity index (χ0) is 12.3. The van der Waals surface area contributed by atoms with E-state index < -0.39 is 11.9 Å². The summed E-state index contributed by atoms with van der Waals surface area (Å²) in [4.78, 5) is 3.31. The first-order valence-corrected chi connectivity index (χ1v) is 5.56. The average Bonchev–Trinajstić information content (AvgIpc) is 2.78. The van der Waals surface area contributed by atoms with Crippen molar-refractivity contribution < 1.29 is 13.2 Å². The van der Waals surface area contributed by atoms with Crippen molar-refractivity contribution in [1.29, 1.82) is 0 Å². The first-order valence-electron chi connectivity index (χ1n) is 5.56. The molecular weight excluding hydrogens is 231 g/mol. The van der Waals surface area contributed by atoms with Crippen LogP contribution >= 0.6 is 0 Å². The van der Waals surface area contributed by atoms with E-state index in [1.807, 2.05) is 0 Å². The maximum Gasteiger partial charge on any atom is 0.433 e. The van der Waals surface area contributed by atoms with Gasteiger partial charge in [-0.1, -0.05) is 0 Å². The maximum absolute atomic E-state index is 12.4. The molecule has 1 atom stereocenters. The number of pyridine rings is 1. The molecule has 1 aromatic rings. The summed E-state index contributed by atoms with van der Waals surface area (Å²) in [5, 5.41) is 6.27. The monoisotopic (exact) mass is 245 g/mol. The van der Waals surface area contributed by atoms with Gasteiger partial charge in [0.05, 0.1) is 0 Å². The topological polar surface area (TPSA) is 37.0 Å². The van der Waals surface area contributed by atoms with Crippen molar-refractivity contribution in [2.75, 3.05) is 18.4 Å². The largest absolute Gasteiger partial charge is 0.433 e. The van der Waals surface area contributed by atoms with Gasteiger partial charge in [0.2, 0.25) is 0 Å². The number of rotatable bonds is 3. The Kier molecular flexibility index (Phi) is 3.51. The number of nitrogens with zero attached hydrogens (tertiary/aromatic N) is 1. The molecule has 1 aromatic heterocycles. The molecule has 0 saturated carbocycles. The van der Waals surface area contributed by atoms with Gasteiger partial charge in [0, 0.05) is 24.5 Å². The maximum atomic E-state index is 12.4. The second-order valence-corrected chi connectivity index (χ2v) is 4.10. The van der Waals surface area contributed by atoms with Crippen LogP contribution in [0, 0.1) is 0 Å². The summed E-state index contributed by atoms with van der Waals surface area (Å²) in [6.07, 6.45) is -1.03. The van der Waals surface area contributed by atoms with Crippen molar-refractivity contribution in [3.8, 4) is 0 Å². The van der Waals surface area contributed by atoms with Crippen LogP contribution in [0.25, 0.3) is 0 Å². The van der Waals surface area contributed by atoms with Gasteiger partial charge in [-0.05, 0) is 31.5 Å². The quantitative estimate of drug-likeness (QED) is 0.857. The minimum Gasteiger partial charge on any atom is -0.383 e. The molecule has 3 nitrogen and oxygen atoms in total. The molecule has 1 aliphatic rings. The summed E-state index contributed by atoms with van der Waals surface area (Å²) < 4.78 is 37.2. The number of hydrogen-bond acceptors (Lipinski definition) is 3.